The summed E-state index contributed by atoms with van der Waals surface area (Å²) in [5.74, 6) is 1.37. The van der Waals surface area contributed by atoms with Crippen LogP contribution in [0.5, 0.6) is 5.75 Å². The fraction of sp³-hybridized carbons (Fsp3) is 0.462. The highest BCUT2D eigenvalue weighted by Gasteiger charge is 2.18. The molecule has 1 saturated heterocycles. The van der Waals surface area contributed by atoms with Crippen molar-refractivity contribution in [3.8, 4) is 5.75 Å². The first-order valence-electron chi connectivity index (χ1n) is 12.4. The molecule has 190 valence electrons. The van der Waals surface area contributed by atoms with Gasteiger partial charge in [-0.25, -0.2) is 14.5 Å². The van der Waals surface area contributed by atoms with E-state index in [0.29, 0.717) is 5.82 Å². The number of benzene rings is 1. The lowest BCUT2D eigenvalue weighted by atomic mass is 10.1. The largest absolute Gasteiger partial charge is 0.497 e. The summed E-state index contributed by atoms with van der Waals surface area (Å²) in [4.78, 5) is 17.6. The van der Waals surface area contributed by atoms with E-state index in [0.717, 1.165) is 79.5 Å². The molecule has 0 N–H and O–H groups in total. The molecule has 0 radical (unpaired) electrons. The highest BCUT2D eigenvalue weighted by molar-refractivity contribution is 5.98. The molecule has 3 aromatic heterocycles. The average Bonchev–Trinajstić information content (AvgIpc) is 3.43. The first kappa shape index (κ1) is 24.2. The second kappa shape index (κ2) is 10.6. The second-order valence-corrected chi connectivity index (χ2v) is 9.09. The Morgan fingerprint density at radius 1 is 1.08 bits per heavy atom. The van der Waals surface area contributed by atoms with Gasteiger partial charge in [0.1, 0.15) is 17.7 Å². The van der Waals surface area contributed by atoms with Gasteiger partial charge in [0.05, 0.1) is 31.4 Å². The van der Waals surface area contributed by atoms with Crippen molar-refractivity contribution < 1.29 is 14.3 Å². The summed E-state index contributed by atoms with van der Waals surface area (Å²) < 4.78 is 14.7. The van der Waals surface area contributed by atoms with Crippen LogP contribution >= 0.6 is 0 Å². The Bertz CT molecular complexity index is 1370. The number of aryl methyl sites for hydroxylation is 2. The van der Waals surface area contributed by atoms with Crippen molar-refractivity contribution in [3.05, 3.63) is 53.2 Å². The Morgan fingerprint density at radius 3 is 2.61 bits per heavy atom. The van der Waals surface area contributed by atoms with E-state index >= 15 is 0 Å². The second-order valence-electron chi connectivity index (χ2n) is 9.09. The number of ether oxygens (including phenoxy) is 2. The number of morpholine rings is 1. The van der Waals surface area contributed by atoms with Crippen LogP contribution in [0, 0.1) is 13.8 Å². The highest BCUT2D eigenvalue weighted by atomic mass is 16.6. The van der Waals surface area contributed by atoms with E-state index in [2.05, 4.69) is 33.6 Å². The Morgan fingerprint density at radius 2 is 1.86 bits per heavy atom. The number of nitrogens with zero attached hydrogens (tertiary/aromatic N) is 7. The number of hydrogen-bond acceptors (Lipinski definition) is 8. The third-order valence-corrected chi connectivity index (χ3v) is 6.85. The van der Waals surface area contributed by atoms with Gasteiger partial charge in [-0.05, 0) is 62.6 Å². The van der Waals surface area contributed by atoms with Crippen LogP contribution in [0.4, 0.5) is 0 Å². The summed E-state index contributed by atoms with van der Waals surface area (Å²) in [6.45, 7) is 12.0. The minimum atomic E-state index is 0.176. The molecule has 4 aromatic rings. The first-order chi connectivity index (χ1) is 17.5. The van der Waals surface area contributed by atoms with Crippen molar-refractivity contribution in [2.45, 2.75) is 40.3 Å². The number of fused-ring (bicyclic) bond motifs is 3. The molecule has 0 bridgehead atoms. The van der Waals surface area contributed by atoms with Gasteiger partial charge in [0.25, 0.3) is 0 Å². The molecule has 0 amide bonds. The van der Waals surface area contributed by atoms with Gasteiger partial charge in [0.2, 0.25) is 0 Å². The van der Waals surface area contributed by atoms with Crippen LogP contribution in [0.15, 0.2) is 35.7 Å². The van der Waals surface area contributed by atoms with Crippen LogP contribution in [0.25, 0.3) is 16.7 Å². The molecular weight excluding hydrogens is 458 g/mol. The SMILES string of the molecule is COc1ccc(C(C)=NOCc2nc3c4c(C)c(C)n(CCCN5CCOCC5)c4ncn3n2)cc1. The summed E-state index contributed by atoms with van der Waals surface area (Å²) >= 11 is 0. The molecule has 0 unspecified atom stereocenters. The zero-order valence-electron chi connectivity index (χ0n) is 21.4. The Balaban J connectivity index is 1.30. The van der Waals surface area contributed by atoms with Gasteiger partial charge in [0.15, 0.2) is 18.1 Å². The van der Waals surface area contributed by atoms with Crippen molar-refractivity contribution >= 4 is 22.4 Å². The van der Waals surface area contributed by atoms with Crippen LogP contribution in [0.1, 0.15) is 36.0 Å². The van der Waals surface area contributed by atoms with Crippen LogP contribution in [0.3, 0.4) is 0 Å². The lowest BCUT2D eigenvalue weighted by Gasteiger charge is -2.26. The predicted octanol–water partition coefficient (Wildman–Crippen LogP) is 3.37. The van der Waals surface area contributed by atoms with E-state index in [1.807, 2.05) is 31.2 Å². The molecule has 0 spiro atoms. The van der Waals surface area contributed by atoms with Crippen molar-refractivity contribution in [2.75, 3.05) is 40.0 Å². The molecule has 1 aliphatic rings. The van der Waals surface area contributed by atoms with Crippen molar-refractivity contribution in [2.24, 2.45) is 5.16 Å². The molecule has 0 aliphatic carbocycles. The van der Waals surface area contributed by atoms with Gasteiger partial charge in [0, 0.05) is 31.9 Å². The monoisotopic (exact) mass is 491 g/mol. The molecule has 4 heterocycles. The van der Waals surface area contributed by atoms with Gasteiger partial charge in [-0.15, -0.1) is 5.10 Å². The molecule has 1 aliphatic heterocycles. The number of methoxy groups -OCH3 is 1. The number of aromatic nitrogens is 5. The van der Waals surface area contributed by atoms with Crippen molar-refractivity contribution in [1.29, 1.82) is 0 Å². The van der Waals surface area contributed by atoms with E-state index in [9.17, 15) is 0 Å². The zero-order chi connectivity index (χ0) is 25.1. The van der Waals surface area contributed by atoms with E-state index in [4.69, 9.17) is 24.3 Å². The molecule has 0 saturated carbocycles. The minimum Gasteiger partial charge on any atom is -0.497 e. The Hall–Kier alpha value is -3.50. The molecular formula is C26H33N7O3. The summed E-state index contributed by atoms with van der Waals surface area (Å²) in [5, 5.41) is 9.84. The molecule has 1 aromatic carbocycles. The van der Waals surface area contributed by atoms with Gasteiger partial charge in [-0.2, -0.15) is 0 Å². The standard InChI is InChI=1S/C26H33N7O3/c1-18-20(3)32(11-5-10-31-12-14-35-15-13-31)25-24(18)26-28-23(29-33(26)17-27-25)16-36-30-19(2)21-6-8-22(34-4)9-7-21/h6-9,17H,5,10-16H2,1-4H3. The summed E-state index contributed by atoms with van der Waals surface area (Å²) in [6, 6.07) is 7.69. The van der Waals surface area contributed by atoms with Crippen LogP contribution < -0.4 is 4.74 Å². The van der Waals surface area contributed by atoms with E-state index in [-0.39, 0.29) is 6.61 Å². The van der Waals surface area contributed by atoms with Gasteiger partial charge in [-0.1, -0.05) is 5.16 Å². The number of rotatable bonds is 9. The normalized spacial score (nSPS) is 15.2. The number of hydrogen-bond donors (Lipinski definition) is 0. The summed E-state index contributed by atoms with van der Waals surface area (Å²) in [6.07, 6.45) is 2.80. The molecule has 5 rings (SSSR count). The average molecular weight is 492 g/mol. The van der Waals surface area contributed by atoms with Gasteiger partial charge < -0.3 is 18.9 Å². The molecule has 10 heteroatoms. The van der Waals surface area contributed by atoms with Crippen LogP contribution in [-0.2, 0) is 22.7 Å². The quantitative estimate of drug-likeness (QED) is 0.262. The van der Waals surface area contributed by atoms with E-state index < -0.39 is 0 Å². The Labute approximate surface area is 210 Å². The van der Waals surface area contributed by atoms with Crippen LogP contribution in [0.2, 0.25) is 0 Å². The fourth-order valence-corrected chi connectivity index (χ4v) is 4.66. The Kier molecular flexibility index (Phi) is 7.15. The van der Waals surface area contributed by atoms with E-state index in [1.165, 1.54) is 11.3 Å². The topological polar surface area (TPSA) is 91.3 Å². The summed E-state index contributed by atoms with van der Waals surface area (Å²) in [7, 11) is 1.65. The number of oxime groups is 1. The molecule has 36 heavy (non-hydrogen) atoms. The fourth-order valence-electron chi connectivity index (χ4n) is 4.66. The smallest absolute Gasteiger partial charge is 0.192 e. The van der Waals surface area contributed by atoms with Crippen molar-refractivity contribution in [1.82, 2.24) is 29.0 Å². The zero-order valence-corrected chi connectivity index (χ0v) is 21.4. The maximum atomic E-state index is 5.58. The third-order valence-electron chi connectivity index (χ3n) is 6.85. The molecule has 10 nitrogen and oxygen atoms in total. The maximum Gasteiger partial charge on any atom is 0.192 e. The highest BCUT2D eigenvalue weighted by Crippen LogP contribution is 2.27. The first-order valence-corrected chi connectivity index (χ1v) is 12.4. The van der Waals surface area contributed by atoms with Crippen molar-refractivity contribution in [3.63, 3.8) is 0 Å². The predicted molar refractivity (Wildman–Crippen MR) is 138 cm³/mol. The summed E-state index contributed by atoms with van der Waals surface area (Å²) in [5.41, 5.74) is 5.88. The van der Waals surface area contributed by atoms with Crippen LogP contribution in [-0.4, -0.2) is 74.7 Å². The third kappa shape index (κ3) is 4.91. The van der Waals surface area contributed by atoms with E-state index in [1.54, 1.807) is 18.0 Å². The maximum absolute atomic E-state index is 5.58. The minimum absolute atomic E-state index is 0.176. The molecule has 1 fully saturated rings. The lowest BCUT2D eigenvalue weighted by molar-refractivity contribution is 0.0369. The molecule has 0 atom stereocenters. The van der Waals surface area contributed by atoms with Gasteiger partial charge in [-0.3, -0.25) is 4.90 Å². The lowest BCUT2D eigenvalue weighted by Crippen LogP contribution is -2.37. The van der Waals surface area contributed by atoms with Gasteiger partial charge >= 0.3 is 0 Å².